The van der Waals surface area contributed by atoms with Gasteiger partial charge in [0.25, 0.3) is 0 Å². The molecule has 0 aromatic rings. The maximum Gasteiger partial charge on any atom is 0.243 e. The van der Waals surface area contributed by atoms with E-state index in [0.717, 1.165) is 70.9 Å². The monoisotopic (exact) mass is 702 g/mol. The Morgan fingerprint density at radius 2 is 1.04 bits per heavy atom. The Kier molecular flexibility index (Phi) is 27.4. The van der Waals surface area contributed by atoms with Gasteiger partial charge < -0.3 is 15.1 Å². The molecule has 0 spiro atoms. The predicted molar refractivity (Wildman–Crippen MR) is 217 cm³/mol. The Morgan fingerprint density at radius 3 is 1.52 bits per heavy atom. The number of rotatable bonds is 30. The second-order valence-corrected chi connectivity index (χ2v) is 16.8. The average Bonchev–Trinajstić information content (AvgIpc) is 3.39. The fourth-order valence-corrected chi connectivity index (χ4v) is 8.77. The quantitative estimate of drug-likeness (QED) is 0.0599. The van der Waals surface area contributed by atoms with Gasteiger partial charge in [-0.15, -0.1) is 0 Å². The van der Waals surface area contributed by atoms with Gasteiger partial charge in [-0.2, -0.15) is 0 Å². The number of hydrogen-bond donors (Lipinski definition) is 1. The van der Waals surface area contributed by atoms with Crippen LogP contribution >= 0.6 is 0 Å². The zero-order chi connectivity index (χ0) is 36.1. The van der Waals surface area contributed by atoms with Gasteiger partial charge in [-0.1, -0.05) is 175 Å². The molecule has 1 heterocycles. The third kappa shape index (κ3) is 20.8. The number of nitrogens with zero attached hydrogens (tertiary/aromatic N) is 2. The van der Waals surface area contributed by atoms with Gasteiger partial charge in [0, 0.05) is 18.5 Å². The molecular formula is C45H87N3O2. The lowest BCUT2D eigenvalue weighted by atomic mass is 9.87. The highest BCUT2D eigenvalue weighted by molar-refractivity contribution is 5.88. The highest BCUT2D eigenvalue weighted by Crippen LogP contribution is 2.30. The largest absolute Gasteiger partial charge is 0.352 e. The van der Waals surface area contributed by atoms with Crippen LogP contribution in [0.4, 0.5) is 0 Å². The molecule has 50 heavy (non-hydrogen) atoms. The summed E-state index contributed by atoms with van der Waals surface area (Å²) >= 11 is 0. The summed E-state index contributed by atoms with van der Waals surface area (Å²) in [5.74, 6) is 0.968. The summed E-state index contributed by atoms with van der Waals surface area (Å²) in [6, 6.07) is 0.146. The second kappa shape index (κ2) is 30.4. The van der Waals surface area contributed by atoms with E-state index in [1.54, 1.807) is 0 Å². The Morgan fingerprint density at radius 1 is 0.600 bits per heavy atom. The van der Waals surface area contributed by atoms with E-state index in [0.29, 0.717) is 12.3 Å². The predicted octanol–water partition coefficient (Wildman–Crippen LogP) is 12.5. The third-order valence-electron chi connectivity index (χ3n) is 12.2. The van der Waals surface area contributed by atoms with Crippen LogP contribution in [0.15, 0.2) is 0 Å². The van der Waals surface area contributed by atoms with E-state index in [1.165, 1.54) is 148 Å². The molecule has 2 rings (SSSR count). The van der Waals surface area contributed by atoms with Crippen molar-refractivity contribution in [3.63, 3.8) is 0 Å². The average molecular weight is 702 g/mol. The van der Waals surface area contributed by atoms with Crippen LogP contribution in [-0.2, 0) is 9.59 Å². The number of unbranched alkanes of at least 4 members (excludes halogenated alkanes) is 18. The minimum atomic E-state index is -0.317. The molecule has 0 bridgehead atoms. The van der Waals surface area contributed by atoms with E-state index < -0.39 is 0 Å². The number of amides is 2. The smallest absolute Gasteiger partial charge is 0.243 e. The number of carbonyl (C=O) groups excluding carboxylic acids is 2. The van der Waals surface area contributed by atoms with Crippen LogP contribution in [0.5, 0.6) is 0 Å². The van der Waals surface area contributed by atoms with Crippen LogP contribution in [-0.4, -0.2) is 59.9 Å². The van der Waals surface area contributed by atoms with E-state index >= 15 is 0 Å². The summed E-state index contributed by atoms with van der Waals surface area (Å²) in [4.78, 5) is 33.9. The van der Waals surface area contributed by atoms with Crippen molar-refractivity contribution in [1.82, 2.24) is 15.1 Å². The van der Waals surface area contributed by atoms with E-state index in [4.69, 9.17) is 0 Å². The fourth-order valence-electron chi connectivity index (χ4n) is 8.77. The topological polar surface area (TPSA) is 52.7 Å². The van der Waals surface area contributed by atoms with Gasteiger partial charge in [-0.3, -0.25) is 9.59 Å². The van der Waals surface area contributed by atoms with Crippen molar-refractivity contribution >= 4 is 11.8 Å². The normalized spacial score (nSPS) is 17.2. The van der Waals surface area contributed by atoms with Gasteiger partial charge in [0.1, 0.15) is 6.04 Å². The lowest BCUT2D eigenvalue weighted by molar-refractivity contribution is -0.145. The minimum Gasteiger partial charge on any atom is -0.352 e. The van der Waals surface area contributed by atoms with Gasteiger partial charge in [-0.05, 0) is 77.4 Å². The van der Waals surface area contributed by atoms with Gasteiger partial charge in [0.2, 0.25) is 11.8 Å². The summed E-state index contributed by atoms with van der Waals surface area (Å²) in [5.41, 5.74) is 0. The molecule has 1 saturated heterocycles. The molecule has 2 aliphatic rings. The molecule has 1 atom stereocenters. The molecule has 1 aliphatic heterocycles. The summed E-state index contributed by atoms with van der Waals surface area (Å²) in [7, 11) is 2.23. The Bertz CT molecular complexity index is 788. The molecule has 0 aromatic heterocycles. The molecular weight excluding hydrogens is 615 g/mol. The maximum absolute atomic E-state index is 14.6. The molecule has 0 aromatic carbocycles. The number of nitrogens with one attached hydrogen (secondary N) is 1. The van der Waals surface area contributed by atoms with Gasteiger partial charge in [0.15, 0.2) is 0 Å². The number of piperidine rings is 1. The van der Waals surface area contributed by atoms with Crippen molar-refractivity contribution in [2.75, 3.05) is 20.1 Å². The highest BCUT2D eigenvalue weighted by atomic mass is 16.2. The molecule has 1 saturated carbocycles. The first-order valence-electron chi connectivity index (χ1n) is 22.8. The van der Waals surface area contributed by atoms with Crippen molar-refractivity contribution in [3.05, 3.63) is 0 Å². The molecule has 1 aliphatic carbocycles. The van der Waals surface area contributed by atoms with E-state index in [1.807, 2.05) is 0 Å². The number of hydrogen-bond acceptors (Lipinski definition) is 3. The van der Waals surface area contributed by atoms with Crippen LogP contribution in [0.25, 0.3) is 0 Å². The zero-order valence-electron chi connectivity index (χ0n) is 34.3. The lowest BCUT2D eigenvalue weighted by Crippen LogP contribution is -2.56. The van der Waals surface area contributed by atoms with Crippen molar-refractivity contribution in [2.24, 2.45) is 5.92 Å². The molecule has 1 unspecified atom stereocenters. The van der Waals surface area contributed by atoms with E-state index in [-0.39, 0.29) is 29.9 Å². The molecule has 1 N–H and O–H groups in total. The lowest BCUT2D eigenvalue weighted by Gasteiger charge is -2.41. The van der Waals surface area contributed by atoms with Crippen LogP contribution < -0.4 is 5.32 Å². The second-order valence-electron chi connectivity index (χ2n) is 16.8. The molecule has 294 valence electrons. The zero-order valence-corrected chi connectivity index (χ0v) is 34.3. The van der Waals surface area contributed by atoms with Crippen molar-refractivity contribution in [3.8, 4) is 0 Å². The fraction of sp³-hybridized carbons (Fsp3) is 0.956. The number of likely N-dealkylation sites (tertiary alicyclic amines) is 1. The summed E-state index contributed by atoms with van der Waals surface area (Å²) < 4.78 is 0. The first-order chi connectivity index (χ1) is 24.5. The Hall–Kier alpha value is -1.10. The minimum absolute atomic E-state index is 0.171. The van der Waals surface area contributed by atoms with Crippen molar-refractivity contribution in [1.29, 1.82) is 0 Å². The highest BCUT2D eigenvalue weighted by Gasteiger charge is 2.37. The first-order valence-corrected chi connectivity index (χ1v) is 22.8. The van der Waals surface area contributed by atoms with E-state index in [2.05, 4.69) is 42.9 Å². The van der Waals surface area contributed by atoms with Gasteiger partial charge in [0.05, 0.1) is 0 Å². The first kappa shape index (κ1) is 45.1. The number of carbonyl (C=O) groups is 2. The molecule has 2 fully saturated rings. The van der Waals surface area contributed by atoms with Crippen LogP contribution in [0.2, 0.25) is 0 Å². The van der Waals surface area contributed by atoms with Crippen molar-refractivity contribution < 1.29 is 9.59 Å². The van der Waals surface area contributed by atoms with Crippen LogP contribution in [0, 0.1) is 5.92 Å². The Labute approximate surface area is 312 Å². The maximum atomic E-state index is 14.6. The van der Waals surface area contributed by atoms with E-state index in [9.17, 15) is 9.59 Å². The summed E-state index contributed by atoms with van der Waals surface area (Å²) in [6.07, 6.45) is 39.8. The van der Waals surface area contributed by atoms with Crippen molar-refractivity contribution in [2.45, 2.75) is 251 Å². The molecule has 5 nitrogen and oxygen atoms in total. The summed E-state index contributed by atoms with van der Waals surface area (Å²) in [6.45, 7) is 9.07. The SMILES string of the molecule is CCCCCCCCCCCCCC(=O)N(C(CCCCCCC)CCCCCCC)C(CC1CCN(C)CC1)C(=O)NC1CCCCCC1. The van der Waals surface area contributed by atoms with Crippen LogP contribution in [0.1, 0.15) is 233 Å². The molecule has 5 heteroatoms. The van der Waals surface area contributed by atoms with Gasteiger partial charge >= 0.3 is 0 Å². The summed E-state index contributed by atoms with van der Waals surface area (Å²) in [5, 5.41) is 3.58. The molecule has 0 radical (unpaired) electrons. The molecule has 2 amide bonds. The van der Waals surface area contributed by atoms with Crippen LogP contribution in [0.3, 0.4) is 0 Å². The Balaban J connectivity index is 2.21. The van der Waals surface area contributed by atoms with Gasteiger partial charge in [-0.25, -0.2) is 0 Å². The standard InChI is InChI=1S/C45H87N3O2/c1-5-8-11-14-15-16-17-18-19-22-29-34-44(49)48(42(32-27-20-12-9-6-2)33-28-21-13-10-7-3)43(39-40-35-37-47(4)38-36-40)45(50)46-41-30-25-23-24-26-31-41/h40-43H,5-39H2,1-4H3,(H,46,50). The third-order valence-corrected chi connectivity index (χ3v) is 12.2.